The molecule has 5 nitrogen and oxygen atoms in total. The first-order valence-electron chi connectivity index (χ1n) is 9.46. The van der Waals surface area contributed by atoms with E-state index in [4.69, 9.17) is 12.2 Å². The highest BCUT2D eigenvalue weighted by Crippen LogP contribution is 2.25. The highest BCUT2D eigenvalue weighted by Gasteiger charge is 2.25. The van der Waals surface area contributed by atoms with Crippen LogP contribution in [0.3, 0.4) is 0 Å². The average Bonchev–Trinajstić information content (AvgIpc) is 3.45. The van der Waals surface area contributed by atoms with E-state index in [-0.39, 0.29) is 24.4 Å². The maximum absolute atomic E-state index is 12.8. The van der Waals surface area contributed by atoms with Crippen molar-refractivity contribution >= 4 is 41.1 Å². The summed E-state index contributed by atoms with van der Waals surface area (Å²) in [6.07, 6.45) is 2.02. The van der Waals surface area contributed by atoms with Crippen LogP contribution >= 0.6 is 23.6 Å². The lowest BCUT2D eigenvalue weighted by molar-refractivity contribution is -0.116. The summed E-state index contributed by atoms with van der Waals surface area (Å²) in [6, 6.07) is 15.4. The molecule has 4 rings (SSSR count). The third kappa shape index (κ3) is 4.63. The van der Waals surface area contributed by atoms with Crippen LogP contribution in [-0.4, -0.2) is 22.4 Å². The summed E-state index contributed by atoms with van der Waals surface area (Å²) in [7, 11) is 0. The van der Waals surface area contributed by atoms with Gasteiger partial charge >= 0.3 is 0 Å². The smallest absolute Gasteiger partial charge is 0.253 e. The molecule has 1 aliphatic carbocycles. The third-order valence-corrected chi connectivity index (χ3v) is 6.06. The first-order valence-corrected chi connectivity index (χ1v) is 10.7. The first kappa shape index (κ1) is 19.5. The maximum atomic E-state index is 12.8. The largest absolute Gasteiger partial charge is 0.349 e. The summed E-state index contributed by atoms with van der Waals surface area (Å²) in [4.78, 5) is 25.2. The molecule has 0 saturated heterocycles. The van der Waals surface area contributed by atoms with Gasteiger partial charge in [0.05, 0.1) is 16.9 Å². The minimum absolute atomic E-state index is 0.0874. The number of aryl methyl sites for hydroxylation is 1. The quantitative estimate of drug-likeness (QED) is 0.561. The molecule has 2 N–H and O–H groups in total. The molecule has 1 aliphatic rings. The van der Waals surface area contributed by atoms with Gasteiger partial charge in [-0.25, -0.2) is 0 Å². The van der Waals surface area contributed by atoms with Crippen molar-refractivity contribution in [1.82, 2.24) is 9.88 Å². The molecule has 0 radical (unpaired) electrons. The summed E-state index contributed by atoms with van der Waals surface area (Å²) >= 11 is 6.87. The van der Waals surface area contributed by atoms with Crippen molar-refractivity contribution in [2.45, 2.75) is 32.4 Å². The molecule has 29 heavy (non-hydrogen) atoms. The first-order chi connectivity index (χ1) is 14.0. The fourth-order valence-electron chi connectivity index (χ4n) is 3.04. The Kier molecular flexibility index (Phi) is 5.60. The number of nitrogens with zero attached hydrogens (tertiary/aromatic N) is 1. The van der Waals surface area contributed by atoms with Crippen LogP contribution in [0.2, 0.25) is 0 Å². The van der Waals surface area contributed by atoms with Gasteiger partial charge < -0.3 is 15.2 Å². The molecular weight excluding hydrogens is 402 g/mol. The van der Waals surface area contributed by atoms with E-state index in [0.29, 0.717) is 15.2 Å². The van der Waals surface area contributed by atoms with Crippen molar-refractivity contribution in [3.05, 3.63) is 69.0 Å². The lowest BCUT2D eigenvalue weighted by atomic mass is 10.1. The molecule has 2 aromatic carbocycles. The zero-order valence-electron chi connectivity index (χ0n) is 16.0. The van der Waals surface area contributed by atoms with Crippen LogP contribution in [0, 0.1) is 10.9 Å². The summed E-state index contributed by atoms with van der Waals surface area (Å²) < 4.78 is 2.46. The van der Waals surface area contributed by atoms with Crippen LogP contribution in [-0.2, 0) is 11.3 Å². The van der Waals surface area contributed by atoms with E-state index in [1.54, 1.807) is 24.3 Å². The van der Waals surface area contributed by atoms with Crippen molar-refractivity contribution < 1.29 is 9.59 Å². The van der Waals surface area contributed by atoms with Gasteiger partial charge in [-0.2, -0.15) is 0 Å². The minimum Gasteiger partial charge on any atom is -0.349 e. The van der Waals surface area contributed by atoms with Gasteiger partial charge in [0.15, 0.2) is 3.95 Å². The van der Waals surface area contributed by atoms with Crippen LogP contribution in [0.4, 0.5) is 5.69 Å². The lowest BCUT2D eigenvalue weighted by Gasteiger charge is -2.13. The molecule has 0 spiro atoms. The molecule has 2 amide bonds. The number of anilines is 1. The fraction of sp³-hybridized carbons (Fsp3) is 0.227. The normalized spacial score (nSPS) is 13.1. The molecule has 1 aromatic heterocycles. The highest BCUT2D eigenvalue weighted by molar-refractivity contribution is 7.73. The van der Waals surface area contributed by atoms with Gasteiger partial charge in [0.2, 0.25) is 5.91 Å². The molecule has 0 unspecified atom stereocenters. The second kappa shape index (κ2) is 8.31. The minimum atomic E-state index is -0.223. The van der Waals surface area contributed by atoms with Gasteiger partial charge in [0.25, 0.3) is 5.91 Å². The average molecular weight is 424 g/mol. The maximum Gasteiger partial charge on any atom is 0.253 e. The number of nitrogens with one attached hydrogen (secondary N) is 2. The van der Waals surface area contributed by atoms with Gasteiger partial charge in [-0.1, -0.05) is 42.0 Å². The Morgan fingerprint density at radius 1 is 1.14 bits per heavy atom. The number of carbonyl (C=O) groups is 2. The molecule has 0 bridgehead atoms. The Hall–Kier alpha value is -2.77. The monoisotopic (exact) mass is 423 g/mol. The number of rotatable bonds is 6. The summed E-state index contributed by atoms with van der Waals surface area (Å²) in [6.45, 7) is 2.12. The van der Waals surface area contributed by atoms with Crippen LogP contribution in [0.1, 0.15) is 28.8 Å². The van der Waals surface area contributed by atoms with E-state index in [1.165, 1.54) is 16.9 Å². The zero-order valence-corrected chi connectivity index (χ0v) is 17.6. The third-order valence-electron chi connectivity index (χ3n) is 4.79. The van der Waals surface area contributed by atoms with Crippen molar-refractivity contribution in [2.24, 2.45) is 0 Å². The molecule has 1 saturated carbocycles. The topological polar surface area (TPSA) is 63.1 Å². The van der Waals surface area contributed by atoms with E-state index in [0.717, 1.165) is 24.1 Å². The standard InChI is InChI=1S/C22H21N3O2S2/c1-14-6-8-15(9-7-14)19-13-29-22(28)25(19)12-20(26)24-18-5-3-2-4-17(18)21(27)23-16-10-11-16/h2-9,13,16H,10-12H2,1H3,(H,23,27)(H,24,26). The van der Waals surface area contributed by atoms with E-state index in [9.17, 15) is 9.59 Å². The Labute approximate surface area is 178 Å². The van der Waals surface area contributed by atoms with Crippen LogP contribution in [0.5, 0.6) is 0 Å². The lowest BCUT2D eigenvalue weighted by Crippen LogP contribution is -2.27. The molecule has 0 aliphatic heterocycles. The van der Waals surface area contributed by atoms with E-state index in [2.05, 4.69) is 10.6 Å². The molecule has 148 valence electrons. The summed E-state index contributed by atoms with van der Waals surface area (Å²) in [5, 5.41) is 7.81. The highest BCUT2D eigenvalue weighted by atomic mass is 32.1. The van der Waals surface area contributed by atoms with Crippen molar-refractivity contribution in [1.29, 1.82) is 0 Å². The molecule has 0 atom stereocenters. The number of carbonyl (C=O) groups excluding carboxylic acids is 2. The zero-order chi connectivity index (χ0) is 20.4. The summed E-state index contributed by atoms with van der Waals surface area (Å²) in [5.74, 6) is -0.379. The van der Waals surface area contributed by atoms with Crippen LogP contribution in [0.25, 0.3) is 11.3 Å². The summed E-state index contributed by atoms with van der Waals surface area (Å²) in [5.41, 5.74) is 4.08. The van der Waals surface area contributed by atoms with Gasteiger partial charge in [-0.05, 0) is 49.7 Å². The fourth-order valence-corrected chi connectivity index (χ4v) is 4.12. The number of hydrogen-bond donors (Lipinski definition) is 2. The van der Waals surface area contributed by atoms with Gasteiger partial charge in [-0.3, -0.25) is 9.59 Å². The van der Waals surface area contributed by atoms with Crippen molar-refractivity contribution in [2.75, 3.05) is 5.32 Å². The number of thiazole rings is 1. The molecule has 3 aromatic rings. The SMILES string of the molecule is Cc1ccc(-c2csc(=S)n2CC(=O)Nc2ccccc2C(=O)NC2CC2)cc1. The van der Waals surface area contributed by atoms with Gasteiger partial charge in [0.1, 0.15) is 6.54 Å². The number of amides is 2. The number of aromatic nitrogens is 1. The molecule has 1 fully saturated rings. The Morgan fingerprint density at radius 2 is 1.86 bits per heavy atom. The number of benzene rings is 2. The Morgan fingerprint density at radius 3 is 2.59 bits per heavy atom. The van der Waals surface area contributed by atoms with Crippen LogP contribution in [0.15, 0.2) is 53.9 Å². The van der Waals surface area contributed by atoms with Crippen molar-refractivity contribution in [3.8, 4) is 11.3 Å². The van der Waals surface area contributed by atoms with Crippen LogP contribution < -0.4 is 10.6 Å². The predicted octanol–water partition coefficient (Wildman–Crippen LogP) is 4.79. The van der Waals surface area contributed by atoms with Gasteiger partial charge in [0, 0.05) is 11.4 Å². The van der Waals surface area contributed by atoms with E-state index < -0.39 is 0 Å². The van der Waals surface area contributed by atoms with Crippen molar-refractivity contribution in [3.63, 3.8) is 0 Å². The molecule has 1 heterocycles. The van der Waals surface area contributed by atoms with Gasteiger partial charge in [-0.15, -0.1) is 11.3 Å². The Bertz CT molecular complexity index is 1110. The van der Waals surface area contributed by atoms with E-state index in [1.807, 2.05) is 41.1 Å². The number of hydrogen-bond acceptors (Lipinski definition) is 4. The Balaban J connectivity index is 1.53. The van der Waals surface area contributed by atoms with E-state index >= 15 is 0 Å². The second-order valence-corrected chi connectivity index (χ2v) is 8.68. The molecule has 7 heteroatoms. The second-order valence-electron chi connectivity index (χ2n) is 7.18. The predicted molar refractivity (Wildman–Crippen MR) is 119 cm³/mol. The number of para-hydroxylation sites is 1. The molecular formula is C22H21N3O2S2.